The average Bonchev–Trinajstić information content (AvgIpc) is 2.42. The Hall–Kier alpha value is -0.940. The number of benzene rings is 1. The lowest BCUT2D eigenvalue weighted by atomic mass is 10.1. The van der Waals surface area contributed by atoms with E-state index in [1.54, 1.807) is 7.11 Å². The maximum atomic E-state index is 9.88. The van der Waals surface area contributed by atoms with Crippen LogP contribution in [0.2, 0.25) is 0 Å². The quantitative estimate of drug-likeness (QED) is 0.618. The minimum absolute atomic E-state index is 0.444. The van der Waals surface area contributed by atoms with E-state index in [-0.39, 0.29) is 0 Å². The highest BCUT2D eigenvalue weighted by Crippen LogP contribution is 2.10. The summed E-state index contributed by atoms with van der Waals surface area (Å²) in [4.78, 5) is 0. The molecule has 0 spiro atoms. The summed E-state index contributed by atoms with van der Waals surface area (Å²) >= 11 is 0. The van der Waals surface area contributed by atoms with Gasteiger partial charge in [-0.15, -0.1) is 0 Å². The highest BCUT2D eigenvalue weighted by molar-refractivity contribution is 5.17. The molecule has 0 heterocycles. The number of ether oxygens (including phenoxy) is 2. The molecular formula is C14H23NO3. The molecule has 1 rings (SSSR count). The van der Waals surface area contributed by atoms with Crippen molar-refractivity contribution in [3.05, 3.63) is 35.9 Å². The van der Waals surface area contributed by atoms with Crippen LogP contribution in [0, 0.1) is 0 Å². The monoisotopic (exact) mass is 253 g/mol. The molecule has 0 fully saturated rings. The molecule has 0 aromatic heterocycles. The third-order valence-corrected chi connectivity index (χ3v) is 2.60. The van der Waals surface area contributed by atoms with Gasteiger partial charge in [-0.1, -0.05) is 30.3 Å². The number of aliphatic hydroxyl groups excluding tert-OH is 1. The van der Waals surface area contributed by atoms with E-state index in [1.807, 2.05) is 30.3 Å². The van der Waals surface area contributed by atoms with E-state index in [0.29, 0.717) is 19.8 Å². The Morgan fingerprint density at radius 2 is 1.94 bits per heavy atom. The van der Waals surface area contributed by atoms with Gasteiger partial charge in [-0.25, -0.2) is 0 Å². The minimum Gasteiger partial charge on any atom is -0.387 e. The predicted octanol–water partition coefficient (Wildman–Crippen LogP) is 1.36. The van der Waals surface area contributed by atoms with E-state index < -0.39 is 6.10 Å². The highest BCUT2D eigenvalue weighted by atomic mass is 16.5. The average molecular weight is 253 g/mol. The first-order valence-corrected chi connectivity index (χ1v) is 6.35. The van der Waals surface area contributed by atoms with Gasteiger partial charge in [-0.3, -0.25) is 0 Å². The van der Waals surface area contributed by atoms with E-state index in [1.165, 1.54) is 0 Å². The van der Waals surface area contributed by atoms with Crippen molar-refractivity contribution < 1.29 is 14.6 Å². The molecule has 2 N–H and O–H groups in total. The van der Waals surface area contributed by atoms with Crippen molar-refractivity contribution in [2.45, 2.75) is 12.5 Å². The lowest BCUT2D eigenvalue weighted by molar-refractivity contribution is 0.0690. The van der Waals surface area contributed by atoms with Crippen molar-refractivity contribution in [2.24, 2.45) is 0 Å². The number of aliphatic hydroxyl groups is 1. The lowest BCUT2D eigenvalue weighted by Gasteiger charge is -2.12. The number of methoxy groups -OCH3 is 1. The summed E-state index contributed by atoms with van der Waals surface area (Å²) in [5, 5.41) is 13.1. The molecule has 0 aliphatic carbocycles. The van der Waals surface area contributed by atoms with Gasteiger partial charge in [-0.2, -0.15) is 0 Å². The van der Waals surface area contributed by atoms with Crippen LogP contribution < -0.4 is 5.32 Å². The Morgan fingerprint density at radius 1 is 1.17 bits per heavy atom. The molecular weight excluding hydrogens is 230 g/mol. The van der Waals surface area contributed by atoms with Crippen molar-refractivity contribution in [3.63, 3.8) is 0 Å². The molecule has 1 aromatic carbocycles. The van der Waals surface area contributed by atoms with Gasteiger partial charge < -0.3 is 19.9 Å². The first-order valence-electron chi connectivity index (χ1n) is 6.35. The van der Waals surface area contributed by atoms with Crippen LogP contribution in [-0.4, -0.2) is 45.1 Å². The van der Waals surface area contributed by atoms with Crippen LogP contribution in [0.25, 0.3) is 0 Å². The summed E-state index contributed by atoms with van der Waals surface area (Å²) in [6.45, 7) is 3.42. The second-order valence-corrected chi connectivity index (χ2v) is 4.09. The molecule has 1 aromatic rings. The second-order valence-electron chi connectivity index (χ2n) is 4.09. The van der Waals surface area contributed by atoms with Crippen LogP contribution in [-0.2, 0) is 9.47 Å². The topological polar surface area (TPSA) is 50.7 Å². The van der Waals surface area contributed by atoms with E-state index in [0.717, 1.165) is 25.1 Å². The molecule has 0 bridgehead atoms. The van der Waals surface area contributed by atoms with Gasteiger partial charge in [-0.05, 0) is 18.5 Å². The van der Waals surface area contributed by atoms with Crippen molar-refractivity contribution in [1.82, 2.24) is 5.32 Å². The fraction of sp³-hybridized carbons (Fsp3) is 0.571. The van der Waals surface area contributed by atoms with Crippen LogP contribution in [0.4, 0.5) is 0 Å². The Balaban J connectivity index is 1.98. The molecule has 0 saturated carbocycles. The molecule has 0 aliphatic rings. The fourth-order valence-corrected chi connectivity index (χ4v) is 1.58. The Labute approximate surface area is 109 Å². The normalized spacial score (nSPS) is 12.6. The highest BCUT2D eigenvalue weighted by Gasteiger charge is 2.04. The second kappa shape index (κ2) is 10.0. The van der Waals surface area contributed by atoms with Crippen LogP contribution in [0.15, 0.2) is 30.3 Å². The predicted molar refractivity (Wildman–Crippen MR) is 71.6 cm³/mol. The summed E-state index contributed by atoms with van der Waals surface area (Å²) in [7, 11) is 1.66. The third-order valence-electron chi connectivity index (χ3n) is 2.60. The van der Waals surface area contributed by atoms with Crippen LogP contribution in [0.1, 0.15) is 18.1 Å². The molecule has 0 saturated heterocycles. The third kappa shape index (κ3) is 6.71. The summed E-state index contributed by atoms with van der Waals surface area (Å²) in [6, 6.07) is 9.67. The number of hydrogen-bond acceptors (Lipinski definition) is 4. The molecule has 4 heteroatoms. The zero-order chi connectivity index (χ0) is 13.1. The molecule has 0 aliphatic heterocycles. The van der Waals surface area contributed by atoms with E-state index >= 15 is 0 Å². The smallest absolute Gasteiger partial charge is 0.0914 e. The first kappa shape index (κ1) is 15.1. The van der Waals surface area contributed by atoms with E-state index in [4.69, 9.17) is 9.47 Å². The van der Waals surface area contributed by atoms with Crippen LogP contribution in [0.3, 0.4) is 0 Å². The maximum Gasteiger partial charge on any atom is 0.0914 e. The molecule has 102 valence electrons. The number of nitrogens with one attached hydrogen (secondary N) is 1. The van der Waals surface area contributed by atoms with Crippen molar-refractivity contribution in [3.8, 4) is 0 Å². The van der Waals surface area contributed by atoms with Gasteiger partial charge in [0.25, 0.3) is 0 Å². The van der Waals surface area contributed by atoms with Crippen LogP contribution in [0.5, 0.6) is 0 Å². The number of hydrogen-bond donors (Lipinski definition) is 2. The Morgan fingerprint density at radius 3 is 2.67 bits per heavy atom. The van der Waals surface area contributed by atoms with Crippen molar-refractivity contribution >= 4 is 0 Å². The van der Waals surface area contributed by atoms with Gasteiger partial charge in [0.15, 0.2) is 0 Å². The first-order chi connectivity index (χ1) is 8.84. The summed E-state index contributed by atoms with van der Waals surface area (Å²) in [5.74, 6) is 0. The zero-order valence-electron chi connectivity index (χ0n) is 11.0. The fourth-order valence-electron chi connectivity index (χ4n) is 1.58. The zero-order valence-corrected chi connectivity index (χ0v) is 11.0. The van der Waals surface area contributed by atoms with Gasteiger partial charge in [0.05, 0.1) is 19.3 Å². The summed E-state index contributed by atoms with van der Waals surface area (Å²) in [5.41, 5.74) is 0.946. The standard InChI is InChI=1S/C14H23NO3/c1-17-10-11-18-9-5-8-15-12-14(16)13-6-3-2-4-7-13/h2-4,6-7,14-16H,5,8-12H2,1H3. The maximum absolute atomic E-state index is 9.88. The van der Waals surface area contributed by atoms with Crippen molar-refractivity contribution in [2.75, 3.05) is 40.0 Å². The van der Waals surface area contributed by atoms with Crippen LogP contribution >= 0.6 is 0 Å². The van der Waals surface area contributed by atoms with E-state index in [2.05, 4.69) is 5.32 Å². The molecule has 18 heavy (non-hydrogen) atoms. The minimum atomic E-state index is -0.444. The largest absolute Gasteiger partial charge is 0.387 e. The Kier molecular flexibility index (Phi) is 8.42. The number of rotatable bonds is 10. The van der Waals surface area contributed by atoms with Gasteiger partial charge in [0.1, 0.15) is 0 Å². The SMILES string of the molecule is COCCOCCCNCC(O)c1ccccc1. The lowest BCUT2D eigenvalue weighted by Crippen LogP contribution is -2.23. The molecule has 1 unspecified atom stereocenters. The molecule has 0 amide bonds. The van der Waals surface area contributed by atoms with Gasteiger partial charge >= 0.3 is 0 Å². The summed E-state index contributed by atoms with van der Waals surface area (Å²) < 4.78 is 10.2. The molecule has 4 nitrogen and oxygen atoms in total. The Bertz CT molecular complexity index is 292. The van der Waals surface area contributed by atoms with Gasteiger partial charge in [0.2, 0.25) is 0 Å². The van der Waals surface area contributed by atoms with Crippen molar-refractivity contribution in [1.29, 1.82) is 0 Å². The molecule has 1 atom stereocenters. The van der Waals surface area contributed by atoms with Gasteiger partial charge in [0, 0.05) is 20.3 Å². The molecule has 0 radical (unpaired) electrons. The van der Waals surface area contributed by atoms with E-state index in [9.17, 15) is 5.11 Å². The summed E-state index contributed by atoms with van der Waals surface area (Å²) in [6.07, 6.45) is 0.492.